The molecule has 148 valence electrons. The van der Waals surface area contributed by atoms with Crippen LogP contribution in [0.15, 0.2) is 70.6 Å². The third kappa shape index (κ3) is 4.55. The highest BCUT2D eigenvalue weighted by Gasteiger charge is 2.19. The first kappa shape index (κ1) is 19.4. The highest BCUT2D eigenvalue weighted by molar-refractivity contribution is 7.09. The lowest BCUT2D eigenvalue weighted by Crippen LogP contribution is -2.22. The van der Waals surface area contributed by atoms with E-state index in [-0.39, 0.29) is 6.04 Å². The lowest BCUT2D eigenvalue weighted by molar-refractivity contribution is 0.248. The van der Waals surface area contributed by atoms with Gasteiger partial charge in [-0.3, -0.25) is 4.90 Å². The molecule has 0 aliphatic rings. The van der Waals surface area contributed by atoms with Gasteiger partial charge < -0.3 is 9.15 Å². The molecule has 0 fully saturated rings. The van der Waals surface area contributed by atoms with Gasteiger partial charge in [-0.2, -0.15) is 0 Å². The van der Waals surface area contributed by atoms with Crippen molar-refractivity contribution >= 4 is 11.3 Å². The van der Waals surface area contributed by atoms with Gasteiger partial charge in [0.25, 0.3) is 0 Å². The van der Waals surface area contributed by atoms with Crippen LogP contribution in [0.4, 0.5) is 0 Å². The van der Waals surface area contributed by atoms with Gasteiger partial charge in [-0.25, -0.2) is 9.97 Å². The summed E-state index contributed by atoms with van der Waals surface area (Å²) in [4.78, 5) is 11.4. The van der Waals surface area contributed by atoms with Crippen molar-refractivity contribution in [3.05, 3.63) is 82.6 Å². The Labute approximate surface area is 174 Å². The second kappa shape index (κ2) is 8.59. The zero-order valence-electron chi connectivity index (χ0n) is 16.7. The van der Waals surface area contributed by atoms with Crippen LogP contribution in [0.5, 0.6) is 11.5 Å². The fourth-order valence-corrected chi connectivity index (χ4v) is 3.78. The number of hydrogen-bond acceptors (Lipinski definition) is 6. The minimum absolute atomic E-state index is 0.220. The summed E-state index contributed by atoms with van der Waals surface area (Å²) in [7, 11) is 2.08. The molecule has 4 aromatic rings. The molecule has 29 heavy (non-hydrogen) atoms. The van der Waals surface area contributed by atoms with Crippen molar-refractivity contribution in [1.29, 1.82) is 0 Å². The lowest BCUT2D eigenvalue weighted by Gasteiger charge is -2.21. The van der Waals surface area contributed by atoms with E-state index in [2.05, 4.69) is 23.9 Å². The van der Waals surface area contributed by atoms with Crippen LogP contribution in [0.3, 0.4) is 0 Å². The zero-order valence-corrected chi connectivity index (χ0v) is 17.5. The third-order valence-corrected chi connectivity index (χ3v) is 5.77. The Kier molecular flexibility index (Phi) is 5.74. The van der Waals surface area contributed by atoms with Crippen molar-refractivity contribution < 1.29 is 9.15 Å². The van der Waals surface area contributed by atoms with E-state index in [1.54, 1.807) is 11.3 Å². The average Bonchev–Trinajstić information content (AvgIpc) is 3.39. The number of aromatic nitrogens is 2. The number of thiazole rings is 1. The van der Waals surface area contributed by atoms with Gasteiger partial charge >= 0.3 is 0 Å². The van der Waals surface area contributed by atoms with Gasteiger partial charge in [0.1, 0.15) is 22.3 Å². The Bertz CT molecular complexity index is 1060. The molecular weight excluding hydrogens is 382 g/mol. The molecule has 0 amide bonds. The molecule has 6 heteroatoms. The normalized spacial score (nSPS) is 12.3. The molecule has 1 atom stereocenters. The molecule has 2 aromatic heterocycles. The number of hydrogen-bond donors (Lipinski definition) is 0. The van der Waals surface area contributed by atoms with Crippen LogP contribution >= 0.6 is 11.3 Å². The summed E-state index contributed by atoms with van der Waals surface area (Å²) in [6.45, 7) is 4.80. The highest BCUT2D eigenvalue weighted by Crippen LogP contribution is 2.29. The number of oxazole rings is 1. The topological polar surface area (TPSA) is 51.4 Å². The monoisotopic (exact) mass is 405 g/mol. The van der Waals surface area contributed by atoms with E-state index in [1.807, 2.05) is 73.1 Å². The fraction of sp³-hybridized carbons (Fsp3) is 0.217. The summed E-state index contributed by atoms with van der Waals surface area (Å²) in [5, 5.41) is 3.10. The summed E-state index contributed by atoms with van der Waals surface area (Å²) in [5.41, 5.74) is 1.82. The van der Waals surface area contributed by atoms with Crippen LogP contribution in [0.2, 0.25) is 0 Å². The molecule has 0 aliphatic heterocycles. The van der Waals surface area contributed by atoms with Crippen LogP contribution in [0, 0.1) is 6.92 Å². The molecule has 0 spiro atoms. The standard InChI is InChI=1S/C23H23N3O2S/c1-16(23-24-12-13-29-23)26(3)15-21-17(2)27-22(25-21)18-8-7-11-20(14-18)28-19-9-5-4-6-10-19/h4-14,16H,15H2,1-3H3/t16-/m0/s1. The number of aryl methyl sites for hydroxylation is 1. The first-order valence-corrected chi connectivity index (χ1v) is 10.4. The minimum Gasteiger partial charge on any atom is -0.457 e. The van der Waals surface area contributed by atoms with E-state index in [9.17, 15) is 0 Å². The Morgan fingerprint density at radius 2 is 1.90 bits per heavy atom. The van der Waals surface area contributed by atoms with Crippen LogP contribution < -0.4 is 4.74 Å². The Morgan fingerprint density at radius 3 is 2.66 bits per heavy atom. The van der Waals surface area contributed by atoms with E-state index >= 15 is 0 Å². The molecule has 0 aliphatic carbocycles. The van der Waals surface area contributed by atoms with Crippen molar-refractivity contribution in [2.24, 2.45) is 0 Å². The summed E-state index contributed by atoms with van der Waals surface area (Å²) >= 11 is 1.67. The van der Waals surface area contributed by atoms with Crippen LogP contribution in [-0.4, -0.2) is 21.9 Å². The van der Waals surface area contributed by atoms with Crippen LogP contribution in [0.25, 0.3) is 11.5 Å². The molecule has 2 heterocycles. The quantitative estimate of drug-likeness (QED) is 0.372. The Morgan fingerprint density at radius 1 is 1.10 bits per heavy atom. The molecule has 2 aromatic carbocycles. The number of nitrogens with zero attached hydrogens (tertiary/aromatic N) is 3. The van der Waals surface area contributed by atoms with Crippen molar-refractivity contribution in [2.45, 2.75) is 26.4 Å². The predicted molar refractivity (Wildman–Crippen MR) is 115 cm³/mol. The molecule has 0 bridgehead atoms. The maximum Gasteiger partial charge on any atom is 0.226 e. The van der Waals surface area contributed by atoms with Crippen molar-refractivity contribution in [3.63, 3.8) is 0 Å². The van der Waals surface area contributed by atoms with Gasteiger partial charge in [0.05, 0.1) is 11.7 Å². The Hall–Kier alpha value is -2.96. The van der Waals surface area contributed by atoms with E-state index in [4.69, 9.17) is 14.1 Å². The average molecular weight is 406 g/mol. The highest BCUT2D eigenvalue weighted by atomic mass is 32.1. The second-order valence-electron chi connectivity index (χ2n) is 6.93. The van der Waals surface area contributed by atoms with E-state index in [0.717, 1.165) is 33.5 Å². The first-order valence-electron chi connectivity index (χ1n) is 9.49. The number of rotatable bonds is 7. The molecule has 5 nitrogen and oxygen atoms in total. The van der Waals surface area contributed by atoms with Gasteiger partial charge in [0.15, 0.2) is 0 Å². The SMILES string of the molecule is Cc1oc(-c2cccc(Oc3ccccc3)c2)nc1CN(C)[C@@H](C)c1nccs1. The summed E-state index contributed by atoms with van der Waals surface area (Å²) < 4.78 is 11.9. The molecule has 0 saturated carbocycles. The zero-order chi connectivity index (χ0) is 20.2. The second-order valence-corrected chi connectivity index (χ2v) is 7.85. The molecule has 0 N–H and O–H groups in total. The fourth-order valence-electron chi connectivity index (χ4n) is 3.02. The number of para-hydroxylation sites is 1. The van der Waals surface area contributed by atoms with Crippen molar-refractivity contribution in [1.82, 2.24) is 14.9 Å². The smallest absolute Gasteiger partial charge is 0.226 e. The predicted octanol–water partition coefficient (Wildman–Crippen LogP) is 6.09. The molecule has 0 radical (unpaired) electrons. The van der Waals surface area contributed by atoms with E-state index in [0.29, 0.717) is 12.4 Å². The van der Waals surface area contributed by atoms with E-state index in [1.165, 1.54) is 0 Å². The maximum absolute atomic E-state index is 5.97. The summed E-state index contributed by atoms with van der Waals surface area (Å²) in [6.07, 6.45) is 1.84. The summed E-state index contributed by atoms with van der Waals surface area (Å²) in [6, 6.07) is 17.8. The third-order valence-electron chi connectivity index (χ3n) is 4.82. The molecular formula is C23H23N3O2S. The van der Waals surface area contributed by atoms with Crippen LogP contribution in [-0.2, 0) is 6.54 Å². The summed E-state index contributed by atoms with van der Waals surface area (Å²) in [5.74, 6) is 2.98. The van der Waals surface area contributed by atoms with Gasteiger partial charge in [-0.1, -0.05) is 24.3 Å². The maximum atomic E-state index is 5.97. The molecule has 0 unspecified atom stereocenters. The lowest BCUT2D eigenvalue weighted by atomic mass is 10.2. The minimum atomic E-state index is 0.220. The number of ether oxygens (including phenoxy) is 1. The molecule has 4 rings (SSSR count). The van der Waals surface area contributed by atoms with Crippen LogP contribution in [0.1, 0.15) is 29.4 Å². The first-order chi connectivity index (χ1) is 14.1. The van der Waals surface area contributed by atoms with E-state index < -0.39 is 0 Å². The largest absolute Gasteiger partial charge is 0.457 e. The van der Waals surface area contributed by atoms with Gasteiger partial charge in [0, 0.05) is 23.7 Å². The number of benzene rings is 2. The van der Waals surface area contributed by atoms with Crippen molar-refractivity contribution in [2.75, 3.05) is 7.05 Å². The van der Waals surface area contributed by atoms with Gasteiger partial charge in [-0.05, 0) is 51.2 Å². The molecule has 0 saturated heterocycles. The van der Waals surface area contributed by atoms with Gasteiger partial charge in [-0.15, -0.1) is 11.3 Å². The van der Waals surface area contributed by atoms with Crippen molar-refractivity contribution in [3.8, 4) is 23.0 Å². The Balaban J connectivity index is 1.51. The van der Waals surface area contributed by atoms with Gasteiger partial charge in [0.2, 0.25) is 5.89 Å².